The average Bonchev–Trinajstić information content (AvgIpc) is 3.44. The molecule has 0 atom stereocenters. The molecule has 1 saturated carbocycles. The van der Waals surface area contributed by atoms with Gasteiger partial charge in [-0.2, -0.15) is 0 Å². The van der Waals surface area contributed by atoms with E-state index in [2.05, 4.69) is 30.0 Å². The summed E-state index contributed by atoms with van der Waals surface area (Å²) in [5.74, 6) is 2.91. The summed E-state index contributed by atoms with van der Waals surface area (Å²) in [4.78, 5) is 17.1. The summed E-state index contributed by atoms with van der Waals surface area (Å²) in [6.45, 7) is 3.31. The highest BCUT2D eigenvalue weighted by Crippen LogP contribution is 2.39. The molecule has 4 heterocycles. The Morgan fingerprint density at radius 1 is 1.18 bits per heavy atom. The lowest BCUT2D eigenvalue weighted by atomic mass is 10.1. The lowest BCUT2D eigenvalue weighted by molar-refractivity contribution is 0.145. The molecule has 10 heteroatoms. The molecule has 0 unspecified atom stereocenters. The second kappa shape index (κ2) is 6.32. The van der Waals surface area contributed by atoms with Gasteiger partial charge in [0.1, 0.15) is 23.2 Å². The van der Waals surface area contributed by atoms with Gasteiger partial charge in [0.15, 0.2) is 5.82 Å². The maximum absolute atomic E-state index is 13.3. The van der Waals surface area contributed by atoms with Crippen molar-refractivity contribution in [3.63, 3.8) is 0 Å². The molecule has 8 nitrogen and oxygen atoms in total. The smallest absolute Gasteiger partial charge is 0.280 e. The van der Waals surface area contributed by atoms with Gasteiger partial charge in [-0.05, 0) is 19.8 Å². The maximum atomic E-state index is 13.3. The Bertz CT molecular complexity index is 1010. The molecule has 0 amide bonds. The fraction of sp³-hybridized carbons (Fsp3) is 0.500. The van der Waals surface area contributed by atoms with Crippen LogP contribution in [0.5, 0.6) is 0 Å². The first-order valence-electron chi connectivity index (χ1n) is 9.32. The monoisotopic (exact) mass is 386 g/mol. The molecular weight excluding hydrogens is 366 g/mol. The van der Waals surface area contributed by atoms with Crippen molar-refractivity contribution in [1.82, 2.24) is 29.5 Å². The molecule has 0 bridgehead atoms. The molecule has 1 aliphatic heterocycles. The van der Waals surface area contributed by atoms with Crippen LogP contribution in [0, 0.1) is 6.92 Å². The van der Waals surface area contributed by atoms with Gasteiger partial charge < -0.3 is 9.80 Å². The quantitative estimate of drug-likeness (QED) is 0.666. The number of alkyl halides is 2. The van der Waals surface area contributed by atoms with Crippen LogP contribution in [0.25, 0.3) is 5.65 Å². The van der Waals surface area contributed by atoms with Crippen molar-refractivity contribution in [3.8, 4) is 0 Å². The second-order valence-corrected chi connectivity index (χ2v) is 7.45. The molecule has 146 valence electrons. The third-order valence-electron chi connectivity index (χ3n) is 5.47. The van der Waals surface area contributed by atoms with Crippen LogP contribution < -0.4 is 9.80 Å². The fourth-order valence-electron chi connectivity index (χ4n) is 3.50. The van der Waals surface area contributed by atoms with Crippen molar-refractivity contribution in [2.45, 2.75) is 38.2 Å². The third kappa shape index (κ3) is 2.83. The maximum Gasteiger partial charge on any atom is 0.280 e. The highest BCUT2D eigenvalue weighted by Gasteiger charge is 2.35. The summed E-state index contributed by atoms with van der Waals surface area (Å²) in [7, 11) is 1.89. The molecule has 1 saturated heterocycles. The van der Waals surface area contributed by atoms with Gasteiger partial charge in [0.25, 0.3) is 6.43 Å². The molecule has 0 radical (unpaired) electrons. The molecule has 1 aliphatic carbocycles. The number of rotatable bonds is 5. The SMILES string of the molecule is Cc1nnc2c(N3CC(N(C)c4cc(C(F)F)nc(C5CC5)n4)C3)nccn12. The second-order valence-electron chi connectivity index (χ2n) is 7.45. The first-order chi connectivity index (χ1) is 13.5. The van der Waals surface area contributed by atoms with Gasteiger partial charge in [-0.1, -0.05) is 0 Å². The fourth-order valence-corrected chi connectivity index (χ4v) is 3.50. The van der Waals surface area contributed by atoms with E-state index in [0.717, 1.165) is 30.1 Å². The van der Waals surface area contributed by atoms with Crippen LogP contribution in [0.15, 0.2) is 18.5 Å². The zero-order valence-electron chi connectivity index (χ0n) is 15.6. The molecule has 0 aromatic carbocycles. The van der Waals surface area contributed by atoms with E-state index >= 15 is 0 Å². The van der Waals surface area contributed by atoms with E-state index < -0.39 is 6.43 Å². The van der Waals surface area contributed by atoms with Crippen molar-refractivity contribution in [3.05, 3.63) is 35.8 Å². The van der Waals surface area contributed by atoms with Crippen molar-refractivity contribution in [1.29, 1.82) is 0 Å². The lowest BCUT2D eigenvalue weighted by Crippen LogP contribution is -2.59. The number of aromatic nitrogens is 6. The molecule has 0 N–H and O–H groups in total. The zero-order chi connectivity index (χ0) is 19.4. The van der Waals surface area contributed by atoms with E-state index in [1.54, 1.807) is 6.20 Å². The molecule has 2 aliphatic rings. The normalized spacial score (nSPS) is 17.4. The summed E-state index contributed by atoms with van der Waals surface area (Å²) < 4.78 is 28.4. The zero-order valence-corrected chi connectivity index (χ0v) is 15.6. The number of halogens is 2. The van der Waals surface area contributed by atoms with Crippen LogP contribution >= 0.6 is 0 Å². The Morgan fingerprint density at radius 2 is 1.96 bits per heavy atom. The van der Waals surface area contributed by atoms with Gasteiger partial charge >= 0.3 is 0 Å². The first kappa shape index (κ1) is 17.2. The van der Waals surface area contributed by atoms with E-state index in [1.165, 1.54) is 6.07 Å². The number of hydrogen-bond donors (Lipinski definition) is 0. The largest absolute Gasteiger partial charge is 0.353 e. The van der Waals surface area contributed by atoms with Crippen LogP contribution in [-0.4, -0.2) is 55.7 Å². The summed E-state index contributed by atoms with van der Waals surface area (Å²) in [5, 5.41) is 8.31. The Hall–Kier alpha value is -2.91. The molecule has 28 heavy (non-hydrogen) atoms. The first-order valence-corrected chi connectivity index (χ1v) is 9.32. The minimum Gasteiger partial charge on any atom is -0.353 e. The lowest BCUT2D eigenvalue weighted by Gasteiger charge is -2.45. The topological polar surface area (TPSA) is 75.3 Å². The summed E-state index contributed by atoms with van der Waals surface area (Å²) in [6.07, 6.45) is 2.92. The van der Waals surface area contributed by atoms with Crippen molar-refractivity contribution < 1.29 is 8.78 Å². The van der Waals surface area contributed by atoms with Crippen LogP contribution in [0.3, 0.4) is 0 Å². The molecular formula is C18H20F2N8. The number of hydrogen-bond acceptors (Lipinski definition) is 7. The number of nitrogens with zero attached hydrogens (tertiary/aromatic N) is 8. The predicted octanol–water partition coefficient (Wildman–Crippen LogP) is 2.36. The standard InChI is InChI=1S/C18H20F2N8/c1-10-24-25-18-17(21-5-6-28(10)18)27-8-12(9-27)26(2)14-7-13(15(19)20)22-16(23-14)11-3-4-11/h5-7,11-12,15H,3-4,8-9H2,1-2H3. The number of aryl methyl sites for hydroxylation is 1. The molecule has 5 rings (SSSR count). The molecule has 2 fully saturated rings. The molecule has 0 spiro atoms. The van der Waals surface area contributed by atoms with Gasteiger partial charge in [-0.3, -0.25) is 4.40 Å². The van der Waals surface area contributed by atoms with Crippen LogP contribution in [0.2, 0.25) is 0 Å². The van der Waals surface area contributed by atoms with Crippen LogP contribution in [-0.2, 0) is 0 Å². The molecule has 3 aromatic heterocycles. The van der Waals surface area contributed by atoms with E-state index in [-0.39, 0.29) is 17.7 Å². The van der Waals surface area contributed by atoms with E-state index in [9.17, 15) is 8.78 Å². The summed E-state index contributed by atoms with van der Waals surface area (Å²) in [5.41, 5.74) is 0.527. The summed E-state index contributed by atoms with van der Waals surface area (Å²) in [6, 6.07) is 1.55. The minimum absolute atomic E-state index is 0.151. The highest BCUT2D eigenvalue weighted by molar-refractivity contribution is 5.66. The van der Waals surface area contributed by atoms with Crippen molar-refractivity contribution in [2.24, 2.45) is 0 Å². The number of likely N-dealkylation sites (N-methyl/N-ethyl adjacent to an activating group) is 1. The predicted molar refractivity (Wildman–Crippen MR) is 98.9 cm³/mol. The Labute approximate surface area is 160 Å². The Morgan fingerprint density at radius 3 is 2.68 bits per heavy atom. The van der Waals surface area contributed by atoms with Gasteiger partial charge in [0.2, 0.25) is 5.65 Å². The van der Waals surface area contributed by atoms with Gasteiger partial charge in [-0.25, -0.2) is 23.7 Å². The Kier molecular flexibility index (Phi) is 3.88. The average molecular weight is 386 g/mol. The Balaban J connectivity index is 1.36. The van der Waals surface area contributed by atoms with E-state index in [0.29, 0.717) is 24.7 Å². The minimum atomic E-state index is -2.59. The number of fused-ring (bicyclic) bond motifs is 1. The summed E-state index contributed by atoms with van der Waals surface area (Å²) >= 11 is 0. The van der Waals surface area contributed by atoms with Crippen molar-refractivity contribution >= 4 is 17.3 Å². The van der Waals surface area contributed by atoms with Gasteiger partial charge in [0, 0.05) is 44.5 Å². The number of anilines is 2. The van der Waals surface area contributed by atoms with Crippen LogP contribution in [0.4, 0.5) is 20.4 Å². The van der Waals surface area contributed by atoms with Crippen molar-refractivity contribution in [2.75, 3.05) is 29.9 Å². The molecule has 3 aromatic rings. The van der Waals surface area contributed by atoms with Gasteiger partial charge in [0.05, 0.1) is 6.04 Å². The van der Waals surface area contributed by atoms with Crippen LogP contribution in [0.1, 0.15) is 42.5 Å². The third-order valence-corrected chi connectivity index (χ3v) is 5.47. The highest BCUT2D eigenvalue weighted by atomic mass is 19.3. The van der Waals surface area contributed by atoms with Gasteiger partial charge in [-0.15, -0.1) is 10.2 Å². The van der Waals surface area contributed by atoms with E-state index in [4.69, 9.17) is 0 Å². The van der Waals surface area contributed by atoms with E-state index in [1.807, 2.05) is 29.5 Å².